The third-order valence-corrected chi connectivity index (χ3v) is 5.33. The lowest BCUT2D eigenvalue weighted by Gasteiger charge is -2.34. The minimum Gasteiger partial charge on any atom is -0.485 e. The first-order chi connectivity index (χ1) is 13.5. The van der Waals surface area contributed by atoms with E-state index in [2.05, 4.69) is 59.6 Å². The molecule has 0 amide bonds. The van der Waals surface area contributed by atoms with Gasteiger partial charge in [-0.25, -0.2) is 4.79 Å². The summed E-state index contributed by atoms with van der Waals surface area (Å²) in [5, 5.41) is 15.3. The second-order valence-corrected chi connectivity index (χ2v) is 7.31. The van der Waals surface area contributed by atoms with Gasteiger partial charge in [0.2, 0.25) is 0 Å². The molecule has 5 heteroatoms. The molecule has 1 aliphatic heterocycles. The Bertz CT molecular complexity index is 1010. The van der Waals surface area contributed by atoms with Crippen molar-refractivity contribution >= 4 is 22.4 Å². The topological polar surface area (TPSA) is 61.8 Å². The number of carbonyl (C=O) groups is 1. The molecule has 2 unspecified atom stereocenters. The number of fused-ring (bicyclic) bond motifs is 2. The average Bonchev–Trinajstić information content (AvgIpc) is 2.71. The van der Waals surface area contributed by atoms with E-state index in [0.29, 0.717) is 13.1 Å². The first-order valence-corrected chi connectivity index (χ1v) is 9.49. The molecule has 144 valence electrons. The summed E-state index contributed by atoms with van der Waals surface area (Å²) < 4.78 is 6.11. The minimum atomic E-state index is -0.927. The number of aromatic carboxylic acids is 1. The molecule has 3 aromatic carbocycles. The van der Waals surface area contributed by atoms with Crippen molar-refractivity contribution in [3.05, 3.63) is 71.8 Å². The van der Waals surface area contributed by atoms with Gasteiger partial charge in [-0.05, 0) is 41.5 Å². The molecule has 0 aromatic heterocycles. The number of ether oxygens (including phenoxy) is 1. The normalized spacial score (nSPS) is 17.1. The summed E-state index contributed by atoms with van der Waals surface area (Å²) in [7, 11) is 1.97. The second-order valence-electron chi connectivity index (χ2n) is 7.31. The summed E-state index contributed by atoms with van der Waals surface area (Å²) in [6.45, 7) is 3.57. The van der Waals surface area contributed by atoms with Crippen LogP contribution in [0, 0.1) is 0 Å². The zero-order valence-corrected chi connectivity index (χ0v) is 16.1. The van der Waals surface area contributed by atoms with Gasteiger partial charge in [-0.15, -0.1) is 0 Å². The lowest BCUT2D eigenvalue weighted by Crippen LogP contribution is -2.44. The Labute approximate surface area is 164 Å². The molecule has 4 rings (SSSR count). The summed E-state index contributed by atoms with van der Waals surface area (Å²) in [6, 6.07) is 20.0. The maximum Gasteiger partial charge on any atom is 0.335 e. The fourth-order valence-electron chi connectivity index (χ4n) is 3.82. The number of carboxylic acid groups (broad SMARTS) is 1. The maximum atomic E-state index is 11.2. The number of hydrogen-bond acceptors (Lipinski definition) is 4. The molecule has 0 saturated carbocycles. The van der Waals surface area contributed by atoms with E-state index in [9.17, 15) is 9.90 Å². The van der Waals surface area contributed by atoms with Gasteiger partial charge in [-0.1, -0.05) is 42.5 Å². The van der Waals surface area contributed by atoms with Crippen molar-refractivity contribution in [2.45, 2.75) is 19.1 Å². The molecular formula is C23H24N2O3. The minimum absolute atomic E-state index is 0.00870. The monoisotopic (exact) mass is 376 g/mol. The number of nitrogens with zero attached hydrogens (tertiary/aromatic N) is 1. The van der Waals surface area contributed by atoms with Gasteiger partial charge >= 0.3 is 5.97 Å². The molecule has 5 nitrogen and oxygen atoms in total. The van der Waals surface area contributed by atoms with E-state index in [-0.39, 0.29) is 17.7 Å². The predicted molar refractivity (Wildman–Crippen MR) is 111 cm³/mol. The number of anilines is 1. The van der Waals surface area contributed by atoms with Gasteiger partial charge in [-0.3, -0.25) is 0 Å². The van der Waals surface area contributed by atoms with E-state index in [1.165, 1.54) is 16.3 Å². The van der Waals surface area contributed by atoms with E-state index in [1.54, 1.807) is 18.2 Å². The van der Waals surface area contributed by atoms with Gasteiger partial charge < -0.3 is 20.1 Å². The molecule has 2 atom stereocenters. The lowest BCUT2D eigenvalue weighted by molar-refractivity contribution is 0.0697. The molecule has 3 aromatic rings. The van der Waals surface area contributed by atoms with Crippen molar-refractivity contribution in [1.29, 1.82) is 0 Å². The van der Waals surface area contributed by atoms with Crippen LogP contribution < -0.4 is 15.0 Å². The van der Waals surface area contributed by atoms with Crippen LogP contribution in [0.3, 0.4) is 0 Å². The second kappa shape index (κ2) is 7.52. The Kier molecular flexibility index (Phi) is 4.92. The zero-order chi connectivity index (χ0) is 19.7. The summed E-state index contributed by atoms with van der Waals surface area (Å²) in [5.41, 5.74) is 2.36. The predicted octanol–water partition coefficient (Wildman–Crippen LogP) is 4.09. The van der Waals surface area contributed by atoms with Crippen molar-refractivity contribution in [2.24, 2.45) is 0 Å². The van der Waals surface area contributed by atoms with Gasteiger partial charge in [0.05, 0.1) is 17.8 Å². The third-order valence-electron chi connectivity index (χ3n) is 5.33. The lowest BCUT2D eigenvalue weighted by atomic mass is 9.99. The molecule has 0 spiro atoms. The smallest absolute Gasteiger partial charge is 0.335 e. The van der Waals surface area contributed by atoms with Crippen LogP contribution >= 0.6 is 0 Å². The van der Waals surface area contributed by atoms with Crippen molar-refractivity contribution in [2.75, 3.05) is 25.0 Å². The van der Waals surface area contributed by atoms with Crippen LogP contribution in [0.15, 0.2) is 60.7 Å². The molecule has 0 bridgehead atoms. The third kappa shape index (κ3) is 3.53. The van der Waals surface area contributed by atoms with Gasteiger partial charge in [0.15, 0.2) is 0 Å². The molecule has 1 aliphatic rings. The molecule has 1 heterocycles. The molecule has 2 N–H and O–H groups in total. The van der Waals surface area contributed by atoms with Gasteiger partial charge in [-0.2, -0.15) is 0 Å². The first-order valence-electron chi connectivity index (χ1n) is 9.49. The zero-order valence-electron chi connectivity index (χ0n) is 16.1. The fraction of sp³-hybridized carbons (Fsp3) is 0.261. The highest BCUT2D eigenvalue weighted by Gasteiger charge is 2.25. The van der Waals surface area contributed by atoms with Gasteiger partial charge in [0.1, 0.15) is 11.9 Å². The quantitative estimate of drug-likeness (QED) is 0.702. The largest absolute Gasteiger partial charge is 0.485 e. The molecule has 0 aliphatic carbocycles. The van der Waals surface area contributed by atoms with Gasteiger partial charge in [0, 0.05) is 19.6 Å². The Morgan fingerprint density at radius 2 is 2.00 bits per heavy atom. The Morgan fingerprint density at radius 3 is 2.82 bits per heavy atom. The van der Waals surface area contributed by atoms with Crippen molar-refractivity contribution in [3.8, 4) is 5.75 Å². The average molecular weight is 376 g/mol. The standard InChI is InChI=1S/C23H24N2O3/c1-15(19-9-5-7-16-6-3-4-8-20(16)19)24-13-18-14-25(2)21-12-17(23(26)27)10-11-22(21)28-18/h3-12,15,18,24H,13-14H2,1-2H3,(H,26,27). The summed E-state index contributed by atoms with van der Waals surface area (Å²) in [6.07, 6.45) is -0.00870. The van der Waals surface area contributed by atoms with Crippen LogP contribution in [0.2, 0.25) is 0 Å². The number of carboxylic acids is 1. The first kappa shape index (κ1) is 18.3. The van der Waals surface area contributed by atoms with Crippen LogP contribution in [-0.2, 0) is 0 Å². The molecule has 0 saturated heterocycles. The molecule has 28 heavy (non-hydrogen) atoms. The Hall–Kier alpha value is -3.05. The summed E-state index contributed by atoms with van der Waals surface area (Å²) in [4.78, 5) is 13.2. The van der Waals surface area contributed by atoms with Crippen molar-refractivity contribution < 1.29 is 14.6 Å². The number of hydrogen-bond donors (Lipinski definition) is 2. The summed E-state index contributed by atoms with van der Waals surface area (Å²) >= 11 is 0. The molecular weight excluding hydrogens is 352 g/mol. The maximum absolute atomic E-state index is 11.2. The Morgan fingerprint density at radius 1 is 1.21 bits per heavy atom. The van der Waals surface area contributed by atoms with Crippen LogP contribution in [-0.4, -0.2) is 37.3 Å². The Balaban J connectivity index is 1.46. The molecule has 0 fully saturated rings. The number of rotatable bonds is 5. The van der Waals surface area contributed by atoms with E-state index in [0.717, 1.165) is 11.4 Å². The highest BCUT2D eigenvalue weighted by atomic mass is 16.5. The van der Waals surface area contributed by atoms with Crippen LogP contribution in [0.5, 0.6) is 5.75 Å². The van der Waals surface area contributed by atoms with E-state index >= 15 is 0 Å². The van der Waals surface area contributed by atoms with E-state index < -0.39 is 5.97 Å². The number of likely N-dealkylation sites (N-methyl/N-ethyl adjacent to an activating group) is 1. The van der Waals surface area contributed by atoms with Gasteiger partial charge in [0.25, 0.3) is 0 Å². The highest BCUT2D eigenvalue weighted by Crippen LogP contribution is 2.33. The molecule has 0 radical (unpaired) electrons. The number of benzene rings is 3. The van der Waals surface area contributed by atoms with Crippen LogP contribution in [0.25, 0.3) is 10.8 Å². The van der Waals surface area contributed by atoms with E-state index in [1.807, 2.05) is 7.05 Å². The van der Waals surface area contributed by atoms with Crippen molar-refractivity contribution in [3.63, 3.8) is 0 Å². The highest BCUT2D eigenvalue weighted by molar-refractivity contribution is 5.89. The van der Waals surface area contributed by atoms with E-state index in [4.69, 9.17) is 4.74 Å². The van der Waals surface area contributed by atoms with Crippen LogP contribution in [0.4, 0.5) is 5.69 Å². The summed E-state index contributed by atoms with van der Waals surface area (Å²) in [5.74, 6) is -0.202. The number of nitrogens with one attached hydrogen (secondary N) is 1. The van der Waals surface area contributed by atoms with Crippen LogP contribution in [0.1, 0.15) is 28.9 Å². The SMILES string of the molecule is CC(NCC1CN(C)c2cc(C(=O)O)ccc2O1)c1cccc2ccccc12. The van der Waals surface area contributed by atoms with Crippen molar-refractivity contribution in [1.82, 2.24) is 5.32 Å². The fourth-order valence-corrected chi connectivity index (χ4v) is 3.82.